The van der Waals surface area contributed by atoms with E-state index in [-0.39, 0.29) is 11.1 Å². The van der Waals surface area contributed by atoms with Gasteiger partial charge < -0.3 is 4.42 Å². The van der Waals surface area contributed by atoms with Gasteiger partial charge in [0.2, 0.25) is 0 Å². The van der Waals surface area contributed by atoms with Crippen molar-refractivity contribution in [3.63, 3.8) is 0 Å². The van der Waals surface area contributed by atoms with Crippen molar-refractivity contribution in [3.05, 3.63) is 100 Å². The molecule has 0 saturated heterocycles. The normalized spacial score (nSPS) is 11.0. The van der Waals surface area contributed by atoms with Gasteiger partial charge in [-0.05, 0) is 54.4 Å². The molecule has 4 aromatic rings. The minimum absolute atomic E-state index is 0.0173. The van der Waals surface area contributed by atoms with Crippen LogP contribution in [0.3, 0.4) is 0 Å². The molecule has 0 radical (unpaired) electrons. The highest BCUT2D eigenvalue weighted by Gasteiger charge is 2.16. The van der Waals surface area contributed by atoms with Crippen molar-refractivity contribution in [2.45, 2.75) is 13.0 Å². The van der Waals surface area contributed by atoms with Crippen molar-refractivity contribution in [2.75, 3.05) is 0 Å². The smallest absolute Gasteiger partial charge is 0.408 e. The standard InChI is InChI=1S/C21H15FN2O3/c22-17-4-2-1-3-16(17)20(25)15-5-6-18-19(13-15)27-21(26)24(18)12-9-14-7-10-23-11-8-14/h1-8,10-11,13H,9,12H2. The van der Waals surface area contributed by atoms with Crippen molar-refractivity contribution in [1.29, 1.82) is 0 Å². The van der Waals surface area contributed by atoms with Gasteiger partial charge in [0.15, 0.2) is 11.4 Å². The zero-order valence-electron chi connectivity index (χ0n) is 14.3. The number of carbonyl (C=O) groups excluding carboxylic acids is 1. The molecule has 0 atom stereocenters. The van der Waals surface area contributed by atoms with E-state index in [4.69, 9.17) is 4.42 Å². The van der Waals surface area contributed by atoms with Crippen molar-refractivity contribution in [1.82, 2.24) is 9.55 Å². The first kappa shape index (κ1) is 16.9. The van der Waals surface area contributed by atoms with E-state index >= 15 is 0 Å². The van der Waals surface area contributed by atoms with E-state index in [1.54, 1.807) is 30.6 Å². The third-order valence-electron chi connectivity index (χ3n) is 4.42. The van der Waals surface area contributed by atoms with E-state index in [1.807, 2.05) is 12.1 Å². The van der Waals surface area contributed by atoms with Gasteiger partial charge in [-0.1, -0.05) is 12.1 Å². The summed E-state index contributed by atoms with van der Waals surface area (Å²) in [4.78, 5) is 28.7. The summed E-state index contributed by atoms with van der Waals surface area (Å²) in [6.07, 6.45) is 4.05. The lowest BCUT2D eigenvalue weighted by Gasteiger charge is -2.04. The fourth-order valence-corrected chi connectivity index (χ4v) is 3.01. The van der Waals surface area contributed by atoms with Gasteiger partial charge in [-0.3, -0.25) is 14.3 Å². The Morgan fingerprint density at radius 1 is 1.07 bits per heavy atom. The van der Waals surface area contributed by atoms with Crippen LogP contribution in [0.15, 0.2) is 76.2 Å². The molecule has 6 heteroatoms. The summed E-state index contributed by atoms with van der Waals surface area (Å²) in [6.45, 7) is 0.441. The fourth-order valence-electron chi connectivity index (χ4n) is 3.01. The van der Waals surface area contributed by atoms with Crippen LogP contribution in [0.25, 0.3) is 11.1 Å². The maximum absolute atomic E-state index is 13.9. The van der Waals surface area contributed by atoms with E-state index in [1.165, 1.54) is 28.8 Å². The molecule has 0 aliphatic heterocycles. The topological polar surface area (TPSA) is 65.1 Å². The molecule has 2 heterocycles. The fraction of sp³-hybridized carbons (Fsp3) is 0.0952. The SMILES string of the molecule is O=C(c1ccc2c(c1)oc(=O)n2CCc1ccncc1)c1ccccc1F. The summed E-state index contributed by atoms with van der Waals surface area (Å²) < 4.78 is 20.7. The van der Waals surface area contributed by atoms with Gasteiger partial charge in [-0.25, -0.2) is 9.18 Å². The molecular formula is C21H15FN2O3. The summed E-state index contributed by atoms with van der Waals surface area (Å²) in [7, 11) is 0. The van der Waals surface area contributed by atoms with Crippen LogP contribution >= 0.6 is 0 Å². The molecule has 0 unspecified atom stereocenters. The highest BCUT2D eigenvalue weighted by Crippen LogP contribution is 2.19. The number of benzene rings is 2. The Hall–Kier alpha value is -3.54. The summed E-state index contributed by atoms with van der Waals surface area (Å²) in [5, 5.41) is 0. The predicted octanol–water partition coefficient (Wildman–Crippen LogP) is 3.60. The van der Waals surface area contributed by atoms with Crippen molar-refractivity contribution in [3.8, 4) is 0 Å². The van der Waals surface area contributed by atoms with E-state index in [0.717, 1.165) is 5.56 Å². The number of nitrogens with zero attached hydrogens (tertiary/aromatic N) is 2. The number of rotatable bonds is 5. The van der Waals surface area contributed by atoms with Gasteiger partial charge in [0.05, 0.1) is 11.1 Å². The molecule has 0 spiro atoms. The quantitative estimate of drug-likeness (QED) is 0.509. The van der Waals surface area contributed by atoms with Gasteiger partial charge in [-0.2, -0.15) is 0 Å². The summed E-state index contributed by atoms with van der Waals surface area (Å²) in [5.41, 5.74) is 2.20. The first-order chi connectivity index (χ1) is 13.1. The Bertz CT molecular complexity index is 1180. The van der Waals surface area contributed by atoms with Crippen LogP contribution in [0.1, 0.15) is 21.5 Å². The number of ketones is 1. The number of carbonyl (C=O) groups is 1. The second kappa shape index (κ2) is 6.99. The van der Waals surface area contributed by atoms with Crippen LogP contribution in [0.2, 0.25) is 0 Å². The maximum atomic E-state index is 13.9. The zero-order valence-corrected chi connectivity index (χ0v) is 14.3. The lowest BCUT2D eigenvalue weighted by molar-refractivity contribution is 0.103. The van der Waals surface area contributed by atoms with Gasteiger partial charge in [0, 0.05) is 24.5 Å². The predicted molar refractivity (Wildman–Crippen MR) is 98.2 cm³/mol. The van der Waals surface area contributed by atoms with Crippen LogP contribution < -0.4 is 5.76 Å². The Labute approximate surface area is 153 Å². The summed E-state index contributed by atoms with van der Waals surface area (Å²) in [5.74, 6) is -1.53. The number of oxazole rings is 1. The molecule has 0 saturated carbocycles. The van der Waals surface area contributed by atoms with Crippen molar-refractivity contribution >= 4 is 16.9 Å². The minimum Gasteiger partial charge on any atom is -0.408 e. The molecule has 4 rings (SSSR count). The second-order valence-corrected chi connectivity index (χ2v) is 6.12. The Morgan fingerprint density at radius 3 is 2.63 bits per heavy atom. The molecule has 27 heavy (non-hydrogen) atoms. The van der Waals surface area contributed by atoms with Gasteiger partial charge in [0.1, 0.15) is 5.82 Å². The van der Waals surface area contributed by atoms with Crippen LogP contribution in [0.4, 0.5) is 4.39 Å². The third kappa shape index (κ3) is 3.29. The molecule has 2 aromatic carbocycles. The second-order valence-electron chi connectivity index (χ2n) is 6.12. The number of aryl methyl sites for hydroxylation is 2. The van der Waals surface area contributed by atoms with Crippen LogP contribution in [0, 0.1) is 5.82 Å². The molecule has 0 aliphatic rings. The Balaban J connectivity index is 1.65. The van der Waals surface area contributed by atoms with Crippen LogP contribution in [-0.4, -0.2) is 15.3 Å². The first-order valence-corrected chi connectivity index (χ1v) is 8.45. The molecule has 0 fully saturated rings. The number of hydrogen-bond acceptors (Lipinski definition) is 4. The lowest BCUT2D eigenvalue weighted by atomic mass is 10.0. The number of hydrogen-bond donors (Lipinski definition) is 0. The van der Waals surface area contributed by atoms with Crippen LogP contribution in [0.5, 0.6) is 0 Å². The van der Waals surface area contributed by atoms with Gasteiger partial charge >= 0.3 is 5.76 Å². The van der Waals surface area contributed by atoms with E-state index in [0.29, 0.717) is 24.1 Å². The average Bonchev–Trinajstić information content (AvgIpc) is 3.01. The van der Waals surface area contributed by atoms with Gasteiger partial charge in [-0.15, -0.1) is 0 Å². The summed E-state index contributed by atoms with van der Waals surface area (Å²) >= 11 is 0. The molecule has 2 aromatic heterocycles. The minimum atomic E-state index is -0.584. The molecule has 0 amide bonds. The molecule has 0 aliphatic carbocycles. The molecule has 0 N–H and O–H groups in total. The molecule has 5 nitrogen and oxygen atoms in total. The van der Waals surface area contributed by atoms with E-state index in [2.05, 4.69) is 4.98 Å². The monoisotopic (exact) mass is 362 g/mol. The average molecular weight is 362 g/mol. The van der Waals surface area contributed by atoms with E-state index in [9.17, 15) is 14.0 Å². The van der Waals surface area contributed by atoms with Crippen molar-refractivity contribution in [2.24, 2.45) is 0 Å². The number of aromatic nitrogens is 2. The maximum Gasteiger partial charge on any atom is 0.419 e. The van der Waals surface area contributed by atoms with Gasteiger partial charge in [0.25, 0.3) is 0 Å². The Morgan fingerprint density at radius 2 is 1.85 bits per heavy atom. The van der Waals surface area contributed by atoms with Crippen molar-refractivity contribution < 1.29 is 13.6 Å². The van der Waals surface area contributed by atoms with Crippen LogP contribution in [-0.2, 0) is 13.0 Å². The summed E-state index contributed by atoms with van der Waals surface area (Å²) in [6, 6.07) is 14.3. The third-order valence-corrected chi connectivity index (χ3v) is 4.42. The Kier molecular flexibility index (Phi) is 4.38. The zero-order chi connectivity index (χ0) is 18.8. The first-order valence-electron chi connectivity index (χ1n) is 8.45. The largest absolute Gasteiger partial charge is 0.419 e. The lowest BCUT2D eigenvalue weighted by Crippen LogP contribution is -2.15. The molecule has 134 valence electrons. The van der Waals surface area contributed by atoms with E-state index < -0.39 is 17.4 Å². The highest BCUT2D eigenvalue weighted by molar-refractivity contribution is 6.10. The number of halogens is 1. The number of pyridine rings is 1. The highest BCUT2D eigenvalue weighted by atomic mass is 19.1. The molecular weight excluding hydrogens is 347 g/mol. The molecule has 0 bridgehead atoms. The number of fused-ring (bicyclic) bond motifs is 1.